The van der Waals surface area contributed by atoms with Crippen LogP contribution in [0.15, 0.2) is 36.4 Å². The second-order valence-electron chi connectivity index (χ2n) is 6.58. The molecule has 1 aliphatic carbocycles. The Bertz CT molecular complexity index is 640. The molecule has 3 heteroatoms. The fourth-order valence-electron chi connectivity index (χ4n) is 3.65. The van der Waals surface area contributed by atoms with E-state index in [9.17, 15) is 10.2 Å². The Balaban J connectivity index is 1.74. The van der Waals surface area contributed by atoms with Crippen molar-refractivity contribution in [3.63, 3.8) is 0 Å². The van der Waals surface area contributed by atoms with E-state index in [0.29, 0.717) is 12.8 Å². The first-order valence-corrected chi connectivity index (χ1v) is 8.31. The Kier molecular flexibility index (Phi) is 4.75. The van der Waals surface area contributed by atoms with Crippen molar-refractivity contribution in [1.29, 1.82) is 0 Å². The number of ether oxygens (including phenoxy) is 1. The molecule has 1 heterocycles. The van der Waals surface area contributed by atoms with Crippen LogP contribution in [-0.4, -0.2) is 28.5 Å². The van der Waals surface area contributed by atoms with Gasteiger partial charge in [0.15, 0.2) is 0 Å². The lowest BCUT2D eigenvalue weighted by atomic mass is 9.87. The lowest BCUT2D eigenvalue weighted by Gasteiger charge is -2.18. The average Bonchev–Trinajstić information content (AvgIpc) is 3.05. The van der Waals surface area contributed by atoms with Crippen LogP contribution in [0.4, 0.5) is 0 Å². The molecule has 1 saturated carbocycles. The first-order valence-electron chi connectivity index (χ1n) is 8.31. The zero-order valence-electron chi connectivity index (χ0n) is 13.6. The molecule has 0 saturated heterocycles. The van der Waals surface area contributed by atoms with E-state index in [1.165, 1.54) is 5.56 Å². The summed E-state index contributed by atoms with van der Waals surface area (Å²) in [4.78, 5) is 0. The number of para-hydroxylation sites is 1. The van der Waals surface area contributed by atoms with Gasteiger partial charge in [0.25, 0.3) is 0 Å². The third kappa shape index (κ3) is 3.15. The molecule has 2 aliphatic rings. The number of hydrogen-bond acceptors (Lipinski definition) is 3. The Labute approximate surface area is 138 Å². The van der Waals surface area contributed by atoms with E-state index in [2.05, 4.69) is 17.9 Å². The molecule has 0 amide bonds. The van der Waals surface area contributed by atoms with E-state index < -0.39 is 12.2 Å². The number of hydrogen-bond donors (Lipinski definition) is 2. The van der Waals surface area contributed by atoms with Crippen LogP contribution in [0.3, 0.4) is 0 Å². The van der Waals surface area contributed by atoms with Gasteiger partial charge in [0.2, 0.25) is 0 Å². The van der Waals surface area contributed by atoms with Crippen molar-refractivity contribution < 1.29 is 14.9 Å². The summed E-state index contributed by atoms with van der Waals surface area (Å²) in [6.45, 7) is 3.79. The lowest BCUT2D eigenvalue weighted by molar-refractivity contribution is 0.134. The number of fused-ring (bicyclic) bond motifs is 3. The summed E-state index contributed by atoms with van der Waals surface area (Å²) in [6.07, 6.45) is 4.18. The van der Waals surface area contributed by atoms with Gasteiger partial charge >= 0.3 is 0 Å². The highest BCUT2D eigenvalue weighted by Gasteiger charge is 2.48. The van der Waals surface area contributed by atoms with Crippen molar-refractivity contribution in [2.45, 2.75) is 50.9 Å². The van der Waals surface area contributed by atoms with Gasteiger partial charge in [0, 0.05) is 30.2 Å². The largest absolute Gasteiger partial charge is 0.489 e. The van der Waals surface area contributed by atoms with Gasteiger partial charge in [-0.15, -0.1) is 11.8 Å². The van der Waals surface area contributed by atoms with Crippen LogP contribution in [0.25, 0.3) is 0 Å². The third-order valence-electron chi connectivity index (χ3n) is 5.00. The highest BCUT2D eigenvalue weighted by atomic mass is 16.5. The summed E-state index contributed by atoms with van der Waals surface area (Å²) in [6, 6.07) is 8.05. The maximum absolute atomic E-state index is 10.4. The Morgan fingerprint density at radius 3 is 2.96 bits per heavy atom. The first kappa shape index (κ1) is 16.1. The smallest absolute Gasteiger partial charge is 0.123 e. The van der Waals surface area contributed by atoms with Gasteiger partial charge < -0.3 is 14.9 Å². The molecular formula is C20H24O3. The molecule has 3 rings (SSSR count). The minimum absolute atomic E-state index is 0.0113. The summed E-state index contributed by atoms with van der Waals surface area (Å²) < 4.78 is 5.96. The van der Waals surface area contributed by atoms with Crippen molar-refractivity contribution in [1.82, 2.24) is 0 Å². The second kappa shape index (κ2) is 6.78. The second-order valence-corrected chi connectivity index (χ2v) is 6.58. The van der Waals surface area contributed by atoms with Crippen molar-refractivity contribution >= 4 is 0 Å². The van der Waals surface area contributed by atoms with E-state index >= 15 is 0 Å². The standard InChI is InChI=1S/C20H24O3/c1-3-4-7-13(2)16(21)11-10-14-17(22)12-19-20(14)15-8-5-6-9-18(15)23-19/h5-6,8-11,13-14,16-17,19-22H,7,12H2,1-2H3/b11-10+/t13-,14-,16+,17+,19-,20-/m1/s1. The minimum Gasteiger partial charge on any atom is -0.489 e. The maximum atomic E-state index is 10.4. The molecule has 23 heavy (non-hydrogen) atoms. The number of aliphatic hydroxyl groups is 2. The van der Waals surface area contributed by atoms with Crippen molar-refractivity contribution in [3.05, 3.63) is 42.0 Å². The summed E-state index contributed by atoms with van der Waals surface area (Å²) >= 11 is 0. The summed E-state index contributed by atoms with van der Waals surface area (Å²) in [5.41, 5.74) is 1.17. The summed E-state index contributed by atoms with van der Waals surface area (Å²) in [7, 11) is 0. The van der Waals surface area contributed by atoms with Crippen molar-refractivity contribution in [2.24, 2.45) is 11.8 Å². The highest BCUT2D eigenvalue weighted by Crippen LogP contribution is 2.50. The normalized spacial score (nSPS) is 31.0. The van der Waals surface area contributed by atoms with E-state index in [1.54, 1.807) is 0 Å². The fourth-order valence-corrected chi connectivity index (χ4v) is 3.65. The molecule has 3 nitrogen and oxygen atoms in total. The van der Waals surface area contributed by atoms with Gasteiger partial charge in [-0.2, -0.15) is 0 Å². The van der Waals surface area contributed by atoms with Crippen LogP contribution >= 0.6 is 0 Å². The van der Waals surface area contributed by atoms with Gasteiger partial charge in [-0.3, -0.25) is 0 Å². The molecule has 1 fully saturated rings. The van der Waals surface area contributed by atoms with Gasteiger partial charge in [-0.25, -0.2) is 0 Å². The molecule has 0 aromatic heterocycles. The lowest BCUT2D eigenvalue weighted by Crippen LogP contribution is -2.19. The number of rotatable bonds is 4. The van der Waals surface area contributed by atoms with Gasteiger partial charge in [-0.05, 0) is 18.9 Å². The monoisotopic (exact) mass is 312 g/mol. The molecule has 6 atom stereocenters. The molecule has 122 valence electrons. The van der Waals surface area contributed by atoms with Crippen LogP contribution in [0.1, 0.15) is 38.2 Å². The van der Waals surface area contributed by atoms with Gasteiger partial charge in [0.1, 0.15) is 11.9 Å². The van der Waals surface area contributed by atoms with Crippen LogP contribution in [0.2, 0.25) is 0 Å². The zero-order valence-corrected chi connectivity index (χ0v) is 13.6. The first-order chi connectivity index (χ1) is 11.1. The molecule has 1 aromatic carbocycles. The SMILES string of the molecule is CC#CC[C@@H](C)[C@@H](O)/C=C/[C@H]1[C@@H]2c3ccccc3O[C@@H]2C[C@@H]1O. The Morgan fingerprint density at radius 2 is 2.17 bits per heavy atom. The van der Waals surface area contributed by atoms with E-state index in [-0.39, 0.29) is 23.9 Å². The van der Waals surface area contributed by atoms with E-state index in [1.807, 2.05) is 44.2 Å². The third-order valence-corrected chi connectivity index (χ3v) is 5.00. The molecule has 0 bridgehead atoms. The zero-order chi connectivity index (χ0) is 16.4. The van der Waals surface area contributed by atoms with Crippen molar-refractivity contribution in [2.75, 3.05) is 0 Å². The Hall–Kier alpha value is -1.76. The molecule has 2 N–H and O–H groups in total. The fraction of sp³-hybridized carbons (Fsp3) is 0.500. The molecule has 0 radical (unpaired) electrons. The maximum Gasteiger partial charge on any atom is 0.123 e. The number of benzene rings is 1. The van der Waals surface area contributed by atoms with Crippen LogP contribution in [0, 0.1) is 23.7 Å². The Morgan fingerprint density at radius 1 is 1.39 bits per heavy atom. The summed E-state index contributed by atoms with van der Waals surface area (Å²) in [5.74, 6) is 7.04. The predicted molar refractivity (Wildman–Crippen MR) is 90.1 cm³/mol. The quantitative estimate of drug-likeness (QED) is 0.664. The molecule has 1 aromatic rings. The van der Waals surface area contributed by atoms with Crippen LogP contribution in [0.5, 0.6) is 5.75 Å². The topological polar surface area (TPSA) is 49.7 Å². The molecule has 0 unspecified atom stereocenters. The molecule has 1 aliphatic heterocycles. The van der Waals surface area contributed by atoms with Crippen LogP contribution in [-0.2, 0) is 0 Å². The minimum atomic E-state index is -0.542. The molecule has 0 spiro atoms. The summed E-state index contributed by atoms with van der Waals surface area (Å²) in [5, 5.41) is 20.6. The van der Waals surface area contributed by atoms with E-state index in [0.717, 1.165) is 5.75 Å². The van der Waals surface area contributed by atoms with Gasteiger partial charge in [-0.1, -0.05) is 37.3 Å². The highest BCUT2D eigenvalue weighted by molar-refractivity contribution is 5.43. The van der Waals surface area contributed by atoms with Crippen molar-refractivity contribution in [3.8, 4) is 17.6 Å². The predicted octanol–water partition coefficient (Wildman–Crippen LogP) is 2.88. The van der Waals surface area contributed by atoms with Gasteiger partial charge in [0.05, 0.1) is 12.2 Å². The molecular weight excluding hydrogens is 288 g/mol. The average molecular weight is 312 g/mol. The van der Waals surface area contributed by atoms with E-state index in [4.69, 9.17) is 4.74 Å². The number of aliphatic hydroxyl groups excluding tert-OH is 2. The van der Waals surface area contributed by atoms with Crippen LogP contribution < -0.4 is 4.74 Å².